The van der Waals surface area contributed by atoms with Crippen LogP contribution in [0.5, 0.6) is 0 Å². The molecule has 1 aliphatic heterocycles. The lowest BCUT2D eigenvalue weighted by molar-refractivity contribution is 0.226. The van der Waals surface area contributed by atoms with Gasteiger partial charge >= 0.3 is 0 Å². The van der Waals surface area contributed by atoms with Crippen LogP contribution in [0.25, 0.3) is 0 Å². The Bertz CT molecular complexity index is 239. The topological polar surface area (TPSA) is 46.6 Å². The first-order valence-electron chi connectivity index (χ1n) is 3.68. The minimum Gasteiger partial charge on any atom is -0.266 e. The standard InChI is InChI=1S/C6H13NO3S2/c1-11-7-4-3-6(5-7)10-12(2,8)9/h6H,3-5H2,1-2H3. The van der Waals surface area contributed by atoms with Gasteiger partial charge in [-0.15, -0.1) is 0 Å². The van der Waals surface area contributed by atoms with E-state index in [1.807, 2.05) is 6.26 Å². The van der Waals surface area contributed by atoms with Crippen molar-refractivity contribution < 1.29 is 12.6 Å². The van der Waals surface area contributed by atoms with Gasteiger partial charge in [0.2, 0.25) is 0 Å². The molecule has 0 bridgehead atoms. The molecule has 0 aromatic rings. The summed E-state index contributed by atoms with van der Waals surface area (Å²) >= 11 is 1.62. The SMILES string of the molecule is CSN1CCC(OS(C)(=O)=O)C1. The maximum atomic E-state index is 10.7. The van der Waals surface area contributed by atoms with Crippen LogP contribution in [0, 0.1) is 0 Å². The van der Waals surface area contributed by atoms with Gasteiger partial charge in [0.15, 0.2) is 0 Å². The Morgan fingerprint density at radius 1 is 1.58 bits per heavy atom. The fourth-order valence-corrected chi connectivity index (χ4v) is 2.44. The van der Waals surface area contributed by atoms with Crippen LogP contribution < -0.4 is 0 Å². The third-order valence-corrected chi connectivity index (χ3v) is 3.15. The Balaban J connectivity index is 2.38. The lowest BCUT2D eigenvalue weighted by Crippen LogP contribution is -2.20. The molecule has 1 heterocycles. The maximum absolute atomic E-state index is 10.7. The number of rotatable bonds is 3. The van der Waals surface area contributed by atoms with E-state index in [0.717, 1.165) is 19.2 Å². The van der Waals surface area contributed by atoms with Gasteiger partial charge < -0.3 is 0 Å². The zero-order chi connectivity index (χ0) is 9.19. The highest BCUT2D eigenvalue weighted by Gasteiger charge is 2.25. The van der Waals surface area contributed by atoms with Gasteiger partial charge in [-0.05, 0) is 12.7 Å². The summed E-state index contributed by atoms with van der Waals surface area (Å²) in [7, 11) is -3.28. The minimum atomic E-state index is -3.28. The molecule has 0 spiro atoms. The summed E-state index contributed by atoms with van der Waals surface area (Å²) in [6.07, 6.45) is 3.72. The van der Waals surface area contributed by atoms with E-state index in [-0.39, 0.29) is 6.10 Å². The molecular weight excluding hydrogens is 198 g/mol. The van der Waals surface area contributed by atoms with Gasteiger partial charge in [-0.2, -0.15) is 8.42 Å². The van der Waals surface area contributed by atoms with Crippen molar-refractivity contribution in [2.24, 2.45) is 0 Å². The van der Waals surface area contributed by atoms with Crippen molar-refractivity contribution in [1.29, 1.82) is 0 Å². The second-order valence-electron chi connectivity index (χ2n) is 2.78. The Labute approximate surface area is 77.5 Å². The van der Waals surface area contributed by atoms with Gasteiger partial charge in [0.1, 0.15) is 0 Å². The van der Waals surface area contributed by atoms with E-state index in [4.69, 9.17) is 4.18 Å². The molecule has 4 nitrogen and oxygen atoms in total. The predicted molar refractivity (Wildman–Crippen MR) is 49.4 cm³/mol. The average Bonchev–Trinajstić information content (AvgIpc) is 2.32. The smallest absolute Gasteiger partial charge is 0.264 e. The molecule has 1 rings (SSSR count). The molecule has 6 heteroatoms. The van der Waals surface area contributed by atoms with E-state index in [1.54, 1.807) is 11.9 Å². The summed E-state index contributed by atoms with van der Waals surface area (Å²) in [6.45, 7) is 1.61. The molecule has 0 aromatic heterocycles. The van der Waals surface area contributed by atoms with Crippen LogP contribution >= 0.6 is 11.9 Å². The normalized spacial score (nSPS) is 26.3. The van der Waals surface area contributed by atoms with Crippen LogP contribution in [0.2, 0.25) is 0 Å². The lowest BCUT2D eigenvalue weighted by Gasteiger charge is -2.11. The van der Waals surface area contributed by atoms with Crippen molar-refractivity contribution in [3.8, 4) is 0 Å². The first-order chi connectivity index (χ1) is 5.51. The molecule has 72 valence electrons. The molecule has 0 radical (unpaired) electrons. The van der Waals surface area contributed by atoms with Crippen molar-refractivity contribution in [3.05, 3.63) is 0 Å². The van der Waals surface area contributed by atoms with E-state index >= 15 is 0 Å². The molecule has 1 unspecified atom stereocenters. The first kappa shape index (κ1) is 10.3. The fraction of sp³-hybridized carbons (Fsp3) is 1.00. The molecular formula is C6H13NO3S2. The van der Waals surface area contributed by atoms with Gasteiger partial charge in [0, 0.05) is 13.1 Å². The molecule has 1 saturated heterocycles. The van der Waals surface area contributed by atoms with E-state index < -0.39 is 10.1 Å². The molecule has 0 N–H and O–H groups in total. The van der Waals surface area contributed by atoms with E-state index in [9.17, 15) is 8.42 Å². The maximum Gasteiger partial charge on any atom is 0.264 e. The zero-order valence-electron chi connectivity index (χ0n) is 7.19. The third-order valence-electron chi connectivity index (χ3n) is 1.68. The number of hydrogen-bond acceptors (Lipinski definition) is 5. The van der Waals surface area contributed by atoms with Crippen molar-refractivity contribution in [2.45, 2.75) is 12.5 Å². The van der Waals surface area contributed by atoms with E-state index in [0.29, 0.717) is 6.54 Å². The fourth-order valence-electron chi connectivity index (χ4n) is 1.19. The second-order valence-corrected chi connectivity index (χ2v) is 5.26. The van der Waals surface area contributed by atoms with E-state index in [1.165, 1.54) is 0 Å². The molecule has 12 heavy (non-hydrogen) atoms. The zero-order valence-corrected chi connectivity index (χ0v) is 8.82. The van der Waals surface area contributed by atoms with Gasteiger partial charge in [-0.25, -0.2) is 4.31 Å². The lowest BCUT2D eigenvalue weighted by atomic mass is 10.3. The third kappa shape index (κ3) is 3.30. The summed E-state index contributed by atoms with van der Waals surface area (Å²) in [4.78, 5) is 0. The summed E-state index contributed by atoms with van der Waals surface area (Å²) < 4.78 is 28.4. The van der Waals surface area contributed by atoms with Crippen molar-refractivity contribution in [1.82, 2.24) is 4.31 Å². The van der Waals surface area contributed by atoms with Crippen LogP contribution in [0.1, 0.15) is 6.42 Å². The molecule has 1 aliphatic rings. The van der Waals surface area contributed by atoms with Crippen LogP contribution in [-0.4, -0.2) is 44.4 Å². The number of hydrogen-bond donors (Lipinski definition) is 0. The van der Waals surface area contributed by atoms with Crippen molar-refractivity contribution in [2.75, 3.05) is 25.6 Å². The highest BCUT2D eigenvalue weighted by molar-refractivity contribution is 7.96. The summed E-state index contributed by atoms with van der Waals surface area (Å²) in [6, 6.07) is 0. The van der Waals surface area contributed by atoms with Gasteiger partial charge in [0.05, 0.1) is 12.4 Å². The Morgan fingerprint density at radius 3 is 2.67 bits per heavy atom. The summed E-state index contributed by atoms with van der Waals surface area (Å²) in [5.41, 5.74) is 0. The molecule has 0 aliphatic carbocycles. The second kappa shape index (κ2) is 3.95. The van der Waals surface area contributed by atoms with Gasteiger partial charge in [-0.1, -0.05) is 11.9 Å². The first-order valence-corrected chi connectivity index (χ1v) is 6.68. The van der Waals surface area contributed by atoms with Gasteiger partial charge in [-0.3, -0.25) is 4.18 Å². The van der Waals surface area contributed by atoms with Crippen LogP contribution in [-0.2, 0) is 14.3 Å². The molecule has 0 amide bonds. The monoisotopic (exact) mass is 211 g/mol. The quantitative estimate of drug-likeness (QED) is 0.497. The van der Waals surface area contributed by atoms with Crippen LogP contribution in [0.4, 0.5) is 0 Å². The van der Waals surface area contributed by atoms with Gasteiger partial charge in [0.25, 0.3) is 10.1 Å². The molecule has 1 atom stereocenters. The minimum absolute atomic E-state index is 0.146. The average molecular weight is 211 g/mol. The summed E-state index contributed by atoms with van der Waals surface area (Å²) in [5.74, 6) is 0. The largest absolute Gasteiger partial charge is 0.266 e. The highest BCUT2D eigenvalue weighted by Crippen LogP contribution is 2.19. The van der Waals surface area contributed by atoms with E-state index in [2.05, 4.69) is 4.31 Å². The molecule has 0 aromatic carbocycles. The van der Waals surface area contributed by atoms with Crippen molar-refractivity contribution in [3.63, 3.8) is 0 Å². The Hall–Kier alpha value is 0.220. The highest BCUT2D eigenvalue weighted by atomic mass is 32.2. The Morgan fingerprint density at radius 2 is 2.25 bits per heavy atom. The Kier molecular flexibility index (Phi) is 3.39. The van der Waals surface area contributed by atoms with Crippen LogP contribution in [0.15, 0.2) is 0 Å². The predicted octanol–water partition coefficient (Wildman–Crippen LogP) is 0.315. The molecule has 0 saturated carbocycles. The van der Waals surface area contributed by atoms with Crippen molar-refractivity contribution >= 4 is 22.1 Å². The molecule has 1 fully saturated rings. The summed E-state index contributed by atoms with van der Waals surface area (Å²) in [5, 5.41) is 0. The number of nitrogens with zero attached hydrogens (tertiary/aromatic N) is 1. The van der Waals surface area contributed by atoms with Crippen LogP contribution in [0.3, 0.4) is 0 Å².